The highest BCUT2D eigenvalue weighted by atomic mass is 35.5. The number of halogens is 2. The first-order valence-electron chi connectivity index (χ1n) is 9.46. The SMILES string of the molecule is COc1ccc(CNC(=O)NC[C@H]2CN(Cc3ccc(Cl)c(Cl)c3)CCO2)cc1. The molecule has 2 N–H and O–H groups in total. The fourth-order valence-corrected chi connectivity index (χ4v) is 3.46. The van der Waals surface area contributed by atoms with E-state index in [1.807, 2.05) is 42.5 Å². The summed E-state index contributed by atoms with van der Waals surface area (Å²) in [5.41, 5.74) is 2.10. The summed E-state index contributed by atoms with van der Waals surface area (Å²) in [6.07, 6.45) is -0.0572. The summed E-state index contributed by atoms with van der Waals surface area (Å²) in [6.45, 7) is 3.86. The Hall–Kier alpha value is -1.99. The van der Waals surface area contributed by atoms with E-state index in [0.717, 1.165) is 36.5 Å². The van der Waals surface area contributed by atoms with Crippen molar-refractivity contribution in [1.29, 1.82) is 0 Å². The Morgan fingerprint density at radius 3 is 2.62 bits per heavy atom. The maximum Gasteiger partial charge on any atom is 0.315 e. The molecule has 0 aromatic heterocycles. The molecule has 2 amide bonds. The lowest BCUT2D eigenvalue weighted by Gasteiger charge is -2.33. The number of ether oxygens (including phenoxy) is 2. The van der Waals surface area contributed by atoms with Gasteiger partial charge in [-0.15, -0.1) is 0 Å². The van der Waals surface area contributed by atoms with E-state index in [1.54, 1.807) is 7.11 Å². The minimum absolute atomic E-state index is 0.0572. The van der Waals surface area contributed by atoms with Gasteiger partial charge in [0.2, 0.25) is 0 Å². The second-order valence-corrected chi connectivity index (χ2v) is 7.70. The molecule has 0 bridgehead atoms. The number of amides is 2. The van der Waals surface area contributed by atoms with Crippen LogP contribution in [0.25, 0.3) is 0 Å². The van der Waals surface area contributed by atoms with Crippen LogP contribution in [-0.4, -0.2) is 50.4 Å². The second kappa shape index (κ2) is 10.7. The summed E-state index contributed by atoms with van der Waals surface area (Å²) < 4.78 is 10.9. The molecule has 0 aliphatic carbocycles. The lowest BCUT2D eigenvalue weighted by atomic mass is 10.2. The maximum absolute atomic E-state index is 12.1. The van der Waals surface area contributed by atoms with Gasteiger partial charge in [0, 0.05) is 32.7 Å². The Morgan fingerprint density at radius 1 is 1.14 bits per heavy atom. The van der Waals surface area contributed by atoms with Gasteiger partial charge in [0.25, 0.3) is 0 Å². The topological polar surface area (TPSA) is 62.8 Å². The van der Waals surface area contributed by atoms with Crippen molar-refractivity contribution in [3.63, 3.8) is 0 Å². The van der Waals surface area contributed by atoms with Gasteiger partial charge in [-0.25, -0.2) is 4.79 Å². The Morgan fingerprint density at radius 2 is 1.90 bits per heavy atom. The average molecular weight is 438 g/mol. The summed E-state index contributed by atoms with van der Waals surface area (Å²) in [4.78, 5) is 14.4. The number of nitrogens with zero attached hydrogens (tertiary/aromatic N) is 1. The molecule has 1 aliphatic heterocycles. The van der Waals surface area contributed by atoms with Crippen molar-refractivity contribution < 1.29 is 14.3 Å². The van der Waals surface area contributed by atoms with Gasteiger partial charge in [-0.3, -0.25) is 4.90 Å². The van der Waals surface area contributed by atoms with Crippen LogP contribution in [0.5, 0.6) is 5.75 Å². The van der Waals surface area contributed by atoms with Crippen LogP contribution in [0.1, 0.15) is 11.1 Å². The minimum atomic E-state index is -0.217. The highest BCUT2D eigenvalue weighted by Crippen LogP contribution is 2.23. The third-order valence-corrected chi connectivity index (χ3v) is 5.45. The first-order chi connectivity index (χ1) is 14.0. The van der Waals surface area contributed by atoms with Crippen molar-refractivity contribution in [3.05, 3.63) is 63.6 Å². The van der Waals surface area contributed by atoms with E-state index in [0.29, 0.717) is 29.7 Å². The fourth-order valence-electron chi connectivity index (χ4n) is 3.14. The second-order valence-electron chi connectivity index (χ2n) is 6.89. The van der Waals surface area contributed by atoms with Gasteiger partial charge in [0.15, 0.2) is 0 Å². The molecule has 2 aromatic rings. The van der Waals surface area contributed by atoms with E-state index in [-0.39, 0.29) is 12.1 Å². The predicted molar refractivity (Wildman–Crippen MR) is 115 cm³/mol. The number of urea groups is 1. The Kier molecular flexibility index (Phi) is 8.00. The van der Waals surface area contributed by atoms with Gasteiger partial charge in [-0.1, -0.05) is 41.4 Å². The molecule has 1 heterocycles. The Labute approximate surface area is 181 Å². The number of benzene rings is 2. The van der Waals surface area contributed by atoms with Crippen LogP contribution in [0.2, 0.25) is 10.0 Å². The minimum Gasteiger partial charge on any atom is -0.497 e. The van der Waals surface area contributed by atoms with Crippen molar-refractivity contribution in [2.24, 2.45) is 0 Å². The number of carbonyl (C=O) groups is 1. The van der Waals surface area contributed by atoms with Crippen molar-refractivity contribution in [1.82, 2.24) is 15.5 Å². The smallest absolute Gasteiger partial charge is 0.315 e. The summed E-state index contributed by atoms with van der Waals surface area (Å²) in [6, 6.07) is 13.0. The number of carbonyl (C=O) groups excluding carboxylic acids is 1. The summed E-state index contributed by atoms with van der Waals surface area (Å²) >= 11 is 12.1. The molecule has 0 spiro atoms. The van der Waals surface area contributed by atoms with E-state index in [1.165, 1.54) is 0 Å². The van der Waals surface area contributed by atoms with E-state index in [9.17, 15) is 4.79 Å². The molecule has 1 atom stereocenters. The fraction of sp³-hybridized carbons (Fsp3) is 0.381. The van der Waals surface area contributed by atoms with Crippen LogP contribution in [0.15, 0.2) is 42.5 Å². The standard InChI is InChI=1S/C21H25Cl2N3O3/c1-28-17-5-2-15(3-6-17)11-24-21(27)25-12-18-14-26(8-9-29-18)13-16-4-7-19(22)20(23)10-16/h2-7,10,18H,8-9,11-14H2,1H3,(H2,24,25,27)/t18-/m0/s1. The number of morpholine rings is 1. The third kappa shape index (κ3) is 6.78. The zero-order chi connectivity index (χ0) is 20.6. The molecule has 2 aromatic carbocycles. The van der Waals surface area contributed by atoms with Gasteiger partial charge in [0.1, 0.15) is 5.75 Å². The highest BCUT2D eigenvalue weighted by molar-refractivity contribution is 6.42. The molecule has 1 saturated heterocycles. The lowest BCUT2D eigenvalue weighted by molar-refractivity contribution is -0.0287. The monoisotopic (exact) mass is 437 g/mol. The van der Waals surface area contributed by atoms with Crippen molar-refractivity contribution in [2.75, 3.05) is 33.4 Å². The van der Waals surface area contributed by atoms with Gasteiger partial charge in [-0.2, -0.15) is 0 Å². The summed E-state index contributed by atoms with van der Waals surface area (Å²) in [5, 5.41) is 6.85. The Bertz CT molecular complexity index is 817. The molecule has 0 saturated carbocycles. The predicted octanol–water partition coefficient (Wildman–Crippen LogP) is 3.70. The zero-order valence-corrected chi connectivity index (χ0v) is 17.8. The molecule has 6 nitrogen and oxygen atoms in total. The van der Waals surface area contributed by atoms with Crippen LogP contribution in [-0.2, 0) is 17.8 Å². The maximum atomic E-state index is 12.1. The van der Waals surface area contributed by atoms with Crippen LogP contribution in [0.4, 0.5) is 4.79 Å². The van der Waals surface area contributed by atoms with Gasteiger partial charge in [-0.05, 0) is 35.4 Å². The number of hydrogen-bond donors (Lipinski definition) is 2. The molecule has 3 rings (SSSR count). The molecule has 8 heteroatoms. The van der Waals surface area contributed by atoms with Gasteiger partial charge < -0.3 is 20.1 Å². The lowest BCUT2D eigenvalue weighted by Crippen LogP contribution is -2.48. The number of hydrogen-bond acceptors (Lipinski definition) is 4. The van der Waals surface area contributed by atoms with E-state index in [4.69, 9.17) is 32.7 Å². The van der Waals surface area contributed by atoms with Crippen molar-refractivity contribution in [3.8, 4) is 5.75 Å². The first-order valence-corrected chi connectivity index (χ1v) is 10.2. The molecule has 0 radical (unpaired) electrons. The average Bonchev–Trinajstić information content (AvgIpc) is 2.74. The Balaban J connectivity index is 1.40. The van der Waals surface area contributed by atoms with Gasteiger partial charge >= 0.3 is 6.03 Å². The van der Waals surface area contributed by atoms with Crippen LogP contribution < -0.4 is 15.4 Å². The highest BCUT2D eigenvalue weighted by Gasteiger charge is 2.21. The normalized spacial score (nSPS) is 17.0. The van der Waals surface area contributed by atoms with E-state index >= 15 is 0 Å². The van der Waals surface area contributed by atoms with Crippen LogP contribution >= 0.6 is 23.2 Å². The molecule has 29 heavy (non-hydrogen) atoms. The molecule has 1 fully saturated rings. The zero-order valence-electron chi connectivity index (χ0n) is 16.3. The van der Waals surface area contributed by atoms with Crippen molar-refractivity contribution in [2.45, 2.75) is 19.2 Å². The quantitative estimate of drug-likeness (QED) is 0.692. The largest absolute Gasteiger partial charge is 0.497 e. The van der Waals surface area contributed by atoms with Crippen LogP contribution in [0.3, 0.4) is 0 Å². The molecular weight excluding hydrogens is 413 g/mol. The number of rotatable bonds is 7. The third-order valence-electron chi connectivity index (χ3n) is 4.72. The van der Waals surface area contributed by atoms with E-state index in [2.05, 4.69) is 15.5 Å². The number of nitrogens with one attached hydrogen (secondary N) is 2. The summed E-state index contributed by atoms with van der Waals surface area (Å²) in [7, 11) is 1.62. The first kappa shape index (κ1) is 21.7. The molecule has 156 valence electrons. The van der Waals surface area contributed by atoms with Gasteiger partial charge in [0.05, 0.1) is 29.9 Å². The molecule has 1 aliphatic rings. The van der Waals surface area contributed by atoms with E-state index < -0.39 is 0 Å². The molecular formula is C21H25Cl2N3O3. The molecule has 0 unspecified atom stereocenters. The van der Waals surface area contributed by atoms with Crippen LogP contribution in [0, 0.1) is 0 Å². The summed E-state index contributed by atoms with van der Waals surface area (Å²) in [5.74, 6) is 0.790. The number of methoxy groups -OCH3 is 1. The van der Waals surface area contributed by atoms with Crippen molar-refractivity contribution >= 4 is 29.2 Å².